The first-order valence-corrected chi connectivity index (χ1v) is 6.63. The largest absolute Gasteiger partial charge is 0.377 e. The summed E-state index contributed by atoms with van der Waals surface area (Å²) in [5.74, 6) is 0.955. The molecule has 1 aliphatic carbocycles. The molecule has 1 heterocycles. The number of hydrogen-bond donors (Lipinski definition) is 1. The maximum atomic E-state index is 5.90. The molecule has 2 rings (SSSR count). The van der Waals surface area contributed by atoms with Gasteiger partial charge in [0.1, 0.15) is 11.0 Å². The van der Waals surface area contributed by atoms with Crippen LogP contribution < -0.4 is 5.32 Å². The van der Waals surface area contributed by atoms with E-state index >= 15 is 0 Å². The van der Waals surface area contributed by atoms with Crippen LogP contribution in [0.2, 0.25) is 5.15 Å². The van der Waals surface area contributed by atoms with Crippen molar-refractivity contribution in [1.82, 2.24) is 14.9 Å². The fourth-order valence-corrected chi connectivity index (χ4v) is 2.29. The molecule has 1 aromatic heterocycles. The number of nitrogens with zero attached hydrogens (tertiary/aromatic N) is 2. The molecule has 17 heavy (non-hydrogen) atoms. The van der Waals surface area contributed by atoms with Gasteiger partial charge in [0.15, 0.2) is 0 Å². The molecule has 0 saturated heterocycles. The second kappa shape index (κ2) is 6.38. The standard InChI is InChI=1S/C12H20ClN3O/c1-16-11(13)8-15-12(16)9-14-6-7-17-10-4-2-3-5-10/h8,10,14H,2-7,9H2,1H3. The van der Waals surface area contributed by atoms with E-state index in [1.165, 1.54) is 25.7 Å². The Morgan fingerprint density at radius 2 is 2.29 bits per heavy atom. The van der Waals surface area contributed by atoms with Crippen LogP contribution in [0.4, 0.5) is 0 Å². The Morgan fingerprint density at radius 1 is 1.53 bits per heavy atom. The third-order valence-corrected chi connectivity index (χ3v) is 3.60. The molecule has 1 aliphatic rings. The van der Waals surface area contributed by atoms with Gasteiger partial charge in [0.25, 0.3) is 0 Å². The highest BCUT2D eigenvalue weighted by molar-refractivity contribution is 6.29. The third-order valence-electron chi connectivity index (χ3n) is 3.25. The Bertz CT molecular complexity index is 348. The second-order valence-electron chi connectivity index (χ2n) is 4.51. The molecule has 0 atom stereocenters. The Morgan fingerprint density at radius 3 is 2.94 bits per heavy atom. The van der Waals surface area contributed by atoms with Crippen molar-refractivity contribution in [3.8, 4) is 0 Å². The summed E-state index contributed by atoms with van der Waals surface area (Å²) in [6.07, 6.45) is 7.28. The molecule has 0 aromatic carbocycles. The first kappa shape index (κ1) is 12.9. The molecule has 0 aliphatic heterocycles. The number of rotatable bonds is 6. The Balaban J connectivity index is 1.58. The summed E-state index contributed by atoms with van der Waals surface area (Å²) < 4.78 is 7.64. The summed E-state index contributed by atoms with van der Waals surface area (Å²) in [6.45, 7) is 2.38. The van der Waals surface area contributed by atoms with Gasteiger partial charge in [0.05, 0.1) is 25.5 Å². The van der Waals surface area contributed by atoms with Crippen molar-refractivity contribution in [3.05, 3.63) is 17.2 Å². The smallest absolute Gasteiger partial charge is 0.128 e. The van der Waals surface area contributed by atoms with Gasteiger partial charge in [-0.1, -0.05) is 24.4 Å². The van der Waals surface area contributed by atoms with E-state index < -0.39 is 0 Å². The summed E-state index contributed by atoms with van der Waals surface area (Å²) in [7, 11) is 1.92. The fraction of sp³-hybridized carbons (Fsp3) is 0.750. The van der Waals surface area contributed by atoms with Gasteiger partial charge in [-0.2, -0.15) is 0 Å². The van der Waals surface area contributed by atoms with Crippen LogP contribution in [0.1, 0.15) is 31.5 Å². The summed E-state index contributed by atoms with van der Waals surface area (Å²) >= 11 is 5.90. The van der Waals surface area contributed by atoms with Crippen molar-refractivity contribution in [2.24, 2.45) is 7.05 Å². The van der Waals surface area contributed by atoms with E-state index in [2.05, 4.69) is 10.3 Å². The van der Waals surface area contributed by atoms with Gasteiger partial charge in [-0.3, -0.25) is 0 Å². The predicted octanol–water partition coefficient (Wildman–Crippen LogP) is 2.12. The van der Waals surface area contributed by atoms with Crippen molar-refractivity contribution in [2.45, 2.75) is 38.3 Å². The lowest BCUT2D eigenvalue weighted by molar-refractivity contribution is 0.0602. The molecule has 0 spiro atoms. The molecule has 1 saturated carbocycles. The third kappa shape index (κ3) is 3.69. The minimum atomic E-state index is 0.499. The molecule has 4 nitrogen and oxygen atoms in total. The lowest BCUT2D eigenvalue weighted by Gasteiger charge is -2.11. The molecule has 0 bridgehead atoms. The molecule has 1 fully saturated rings. The van der Waals surface area contributed by atoms with Crippen LogP contribution in [0.15, 0.2) is 6.20 Å². The lowest BCUT2D eigenvalue weighted by Crippen LogP contribution is -2.23. The van der Waals surface area contributed by atoms with Crippen molar-refractivity contribution in [2.75, 3.05) is 13.2 Å². The van der Waals surface area contributed by atoms with Crippen LogP contribution in [0, 0.1) is 0 Å². The highest BCUT2D eigenvalue weighted by Gasteiger charge is 2.14. The van der Waals surface area contributed by atoms with E-state index in [-0.39, 0.29) is 0 Å². The molecule has 5 heteroatoms. The normalized spacial score (nSPS) is 16.8. The Kier molecular flexibility index (Phi) is 4.83. The van der Waals surface area contributed by atoms with Crippen LogP contribution in [0.3, 0.4) is 0 Å². The average molecular weight is 258 g/mol. The van der Waals surface area contributed by atoms with Crippen LogP contribution in [-0.4, -0.2) is 28.8 Å². The monoisotopic (exact) mass is 257 g/mol. The average Bonchev–Trinajstić information content (AvgIpc) is 2.93. The number of aromatic nitrogens is 2. The van der Waals surface area contributed by atoms with Gasteiger partial charge in [0, 0.05) is 13.6 Å². The van der Waals surface area contributed by atoms with E-state index in [0.29, 0.717) is 11.3 Å². The maximum absolute atomic E-state index is 5.90. The van der Waals surface area contributed by atoms with Crippen molar-refractivity contribution >= 4 is 11.6 Å². The second-order valence-corrected chi connectivity index (χ2v) is 4.90. The van der Waals surface area contributed by atoms with E-state index in [1.54, 1.807) is 6.20 Å². The van der Waals surface area contributed by atoms with Crippen LogP contribution in [0.5, 0.6) is 0 Å². The molecular weight excluding hydrogens is 238 g/mol. The topological polar surface area (TPSA) is 39.1 Å². The summed E-state index contributed by atoms with van der Waals surface area (Å²) in [6, 6.07) is 0. The summed E-state index contributed by atoms with van der Waals surface area (Å²) in [5, 5.41) is 3.98. The number of hydrogen-bond acceptors (Lipinski definition) is 3. The molecule has 0 unspecified atom stereocenters. The zero-order valence-corrected chi connectivity index (χ0v) is 11.0. The van der Waals surface area contributed by atoms with Crippen molar-refractivity contribution < 1.29 is 4.74 Å². The minimum absolute atomic E-state index is 0.499. The molecular formula is C12H20ClN3O. The number of nitrogens with one attached hydrogen (secondary N) is 1. The number of ether oxygens (including phenoxy) is 1. The minimum Gasteiger partial charge on any atom is -0.377 e. The molecule has 1 N–H and O–H groups in total. The Hall–Kier alpha value is -0.580. The summed E-state index contributed by atoms with van der Waals surface area (Å²) in [4.78, 5) is 4.22. The number of imidazole rings is 1. The molecule has 96 valence electrons. The predicted molar refractivity (Wildman–Crippen MR) is 68.1 cm³/mol. The fourth-order valence-electron chi connectivity index (χ4n) is 2.14. The van der Waals surface area contributed by atoms with Crippen LogP contribution >= 0.6 is 11.6 Å². The highest BCUT2D eigenvalue weighted by atomic mass is 35.5. The molecule has 0 radical (unpaired) electrons. The van der Waals surface area contributed by atoms with Crippen LogP contribution in [0.25, 0.3) is 0 Å². The van der Waals surface area contributed by atoms with E-state index in [4.69, 9.17) is 16.3 Å². The zero-order valence-electron chi connectivity index (χ0n) is 10.3. The van der Waals surface area contributed by atoms with E-state index in [0.717, 1.165) is 25.5 Å². The van der Waals surface area contributed by atoms with Gasteiger partial charge in [0.2, 0.25) is 0 Å². The highest BCUT2D eigenvalue weighted by Crippen LogP contribution is 2.20. The zero-order chi connectivity index (χ0) is 12.1. The van der Waals surface area contributed by atoms with E-state index in [9.17, 15) is 0 Å². The summed E-state index contributed by atoms with van der Waals surface area (Å²) in [5.41, 5.74) is 0. The Labute approximate surface area is 107 Å². The van der Waals surface area contributed by atoms with E-state index in [1.807, 2.05) is 11.6 Å². The SMILES string of the molecule is Cn1c(Cl)cnc1CNCCOC1CCCC1. The maximum Gasteiger partial charge on any atom is 0.128 e. The van der Waals surface area contributed by atoms with Gasteiger partial charge in [-0.15, -0.1) is 0 Å². The van der Waals surface area contributed by atoms with Gasteiger partial charge in [-0.25, -0.2) is 4.98 Å². The molecule has 1 aromatic rings. The quantitative estimate of drug-likeness (QED) is 0.794. The first-order chi connectivity index (χ1) is 8.27. The van der Waals surface area contributed by atoms with Gasteiger partial charge < -0.3 is 14.6 Å². The van der Waals surface area contributed by atoms with Crippen molar-refractivity contribution in [3.63, 3.8) is 0 Å². The van der Waals surface area contributed by atoms with Gasteiger partial charge >= 0.3 is 0 Å². The van der Waals surface area contributed by atoms with Crippen LogP contribution in [-0.2, 0) is 18.3 Å². The molecule has 0 amide bonds. The number of halogens is 1. The lowest BCUT2D eigenvalue weighted by atomic mass is 10.3. The van der Waals surface area contributed by atoms with Gasteiger partial charge in [-0.05, 0) is 12.8 Å². The van der Waals surface area contributed by atoms with Crippen molar-refractivity contribution in [1.29, 1.82) is 0 Å². The first-order valence-electron chi connectivity index (χ1n) is 6.26.